The van der Waals surface area contributed by atoms with Crippen LogP contribution in [0.4, 0.5) is 0 Å². The standard InChI is InChI=1S/C13H21NO2.2C2H6/c1-12-4-6-13(7-5-12)16-11-9-14(2)8-10-15-3;2*1-2/h4-7H,8-11H2,1-3H3;2*1-2H3. The summed E-state index contributed by atoms with van der Waals surface area (Å²) in [5.41, 5.74) is 1.25. The third-order valence-electron chi connectivity index (χ3n) is 2.44. The summed E-state index contributed by atoms with van der Waals surface area (Å²) < 4.78 is 10.6. The zero-order valence-corrected chi connectivity index (χ0v) is 14.4. The van der Waals surface area contributed by atoms with Crippen LogP contribution in [-0.2, 0) is 4.74 Å². The monoisotopic (exact) mass is 283 g/mol. The van der Waals surface area contributed by atoms with Gasteiger partial charge in [0.05, 0.1) is 6.61 Å². The number of benzene rings is 1. The minimum atomic E-state index is 0.712. The van der Waals surface area contributed by atoms with Crippen LogP contribution in [0.5, 0.6) is 5.75 Å². The summed E-state index contributed by atoms with van der Waals surface area (Å²) in [6.45, 7) is 13.4. The van der Waals surface area contributed by atoms with Crippen molar-refractivity contribution in [2.45, 2.75) is 34.6 Å². The lowest BCUT2D eigenvalue weighted by atomic mass is 10.2. The summed E-state index contributed by atoms with van der Waals surface area (Å²) in [7, 11) is 3.79. The predicted octanol–water partition coefficient (Wildman–Crippen LogP) is 4.00. The van der Waals surface area contributed by atoms with Gasteiger partial charge in [0.15, 0.2) is 0 Å². The highest BCUT2D eigenvalue weighted by molar-refractivity contribution is 5.26. The van der Waals surface area contributed by atoms with Gasteiger partial charge in [-0.1, -0.05) is 45.4 Å². The Hall–Kier alpha value is -1.06. The molecule has 0 fully saturated rings. The lowest BCUT2D eigenvalue weighted by molar-refractivity contribution is 0.150. The third-order valence-corrected chi connectivity index (χ3v) is 2.44. The molecule has 0 unspecified atom stereocenters. The largest absolute Gasteiger partial charge is 0.492 e. The average molecular weight is 283 g/mol. The Morgan fingerprint density at radius 2 is 1.40 bits per heavy atom. The molecular weight excluding hydrogens is 250 g/mol. The first kappa shape index (κ1) is 21.2. The molecule has 20 heavy (non-hydrogen) atoms. The fourth-order valence-electron chi connectivity index (χ4n) is 1.31. The van der Waals surface area contributed by atoms with E-state index in [1.807, 2.05) is 39.8 Å². The Bertz CT molecular complexity index is 286. The molecule has 0 aliphatic carbocycles. The SMILES string of the molecule is CC.CC.COCCN(C)CCOc1ccc(C)cc1. The van der Waals surface area contributed by atoms with Crippen LogP contribution in [0.25, 0.3) is 0 Å². The molecule has 0 aromatic heterocycles. The van der Waals surface area contributed by atoms with Crippen LogP contribution in [0.2, 0.25) is 0 Å². The summed E-state index contributed by atoms with van der Waals surface area (Å²) in [5.74, 6) is 0.936. The summed E-state index contributed by atoms with van der Waals surface area (Å²) >= 11 is 0. The van der Waals surface area contributed by atoms with Crippen LogP contribution >= 0.6 is 0 Å². The molecular formula is C17H33NO2. The van der Waals surface area contributed by atoms with Crippen LogP contribution in [0, 0.1) is 6.92 Å². The number of hydrogen-bond acceptors (Lipinski definition) is 3. The first-order chi connectivity index (χ1) is 9.72. The molecule has 1 aromatic carbocycles. The van der Waals surface area contributed by atoms with Crippen molar-refractivity contribution in [3.63, 3.8) is 0 Å². The maximum atomic E-state index is 5.63. The molecule has 0 bridgehead atoms. The van der Waals surface area contributed by atoms with Gasteiger partial charge in [0, 0.05) is 20.2 Å². The maximum Gasteiger partial charge on any atom is 0.119 e. The van der Waals surface area contributed by atoms with Crippen LogP contribution in [0.15, 0.2) is 24.3 Å². The third kappa shape index (κ3) is 12.0. The number of aryl methyl sites for hydroxylation is 1. The van der Waals surface area contributed by atoms with Gasteiger partial charge in [-0.05, 0) is 26.1 Å². The molecule has 1 aromatic rings. The van der Waals surface area contributed by atoms with E-state index in [1.165, 1.54) is 5.56 Å². The van der Waals surface area contributed by atoms with Gasteiger partial charge >= 0.3 is 0 Å². The lowest BCUT2D eigenvalue weighted by Gasteiger charge is -2.16. The maximum absolute atomic E-state index is 5.63. The zero-order chi connectivity index (χ0) is 15.8. The lowest BCUT2D eigenvalue weighted by Crippen LogP contribution is -2.27. The number of ether oxygens (including phenoxy) is 2. The van der Waals surface area contributed by atoms with E-state index in [0.29, 0.717) is 6.61 Å². The summed E-state index contributed by atoms with van der Waals surface area (Å²) in [5, 5.41) is 0. The molecule has 0 radical (unpaired) electrons. The molecule has 118 valence electrons. The van der Waals surface area contributed by atoms with E-state index in [1.54, 1.807) is 7.11 Å². The number of hydrogen-bond donors (Lipinski definition) is 0. The molecule has 3 nitrogen and oxygen atoms in total. The van der Waals surface area contributed by atoms with Crippen LogP contribution < -0.4 is 4.74 Å². The van der Waals surface area contributed by atoms with E-state index < -0.39 is 0 Å². The normalized spacial score (nSPS) is 9.20. The predicted molar refractivity (Wildman–Crippen MR) is 88.7 cm³/mol. The second-order valence-electron chi connectivity index (χ2n) is 3.96. The van der Waals surface area contributed by atoms with Gasteiger partial charge in [-0.2, -0.15) is 0 Å². The smallest absolute Gasteiger partial charge is 0.119 e. The highest BCUT2D eigenvalue weighted by Gasteiger charge is 1.98. The van der Waals surface area contributed by atoms with Crippen molar-refractivity contribution in [3.8, 4) is 5.75 Å². The van der Waals surface area contributed by atoms with E-state index in [2.05, 4.69) is 31.0 Å². The van der Waals surface area contributed by atoms with Gasteiger partial charge in [0.2, 0.25) is 0 Å². The van der Waals surface area contributed by atoms with Gasteiger partial charge in [0.1, 0.15) is 12.4 Å². The van der Waals surface area contributed by atoms with Crippen molar-refractivity contribution in [3.05, 3.63) is 29.8 Å². The minimum absolute atomic E-state index is 0.712. The van der Waals surface area contributed by atoms with Crippen LogP contribution in [0.3, 0.4) is 0 Å². The van der Waals surface area contributed by atoms with Crippen molar-refractivity contribution in [2.24, 2.45) is 0 Å². The van der Waals surface area contributed by atoms with Gasteiger partial charge < -0.3 is 14.4 Å². The van der Waals surface area contributed by atoms with Gasteiger partial charge in [-0.25, -0.2) is 0 Å². The van der Waals surface area contributed by atoms with Crippen molar-refractivity contribution >= 4 is 0 Å². The number of nitrogens with zero attached hydrogens (tertiary/aromatic N) is 1. The zero-order valence-electron chi connectivity index (χ0n) is 14.4. The van der Waals surface area contributed by atoms with Gasteiger partial charge in [-0.15, -0.1) is 0 Å². The fourth-order valence-corrected chi connectivity index (χ4v) is 1.31. The van der Waals surface area contributed by atoms with E-state index in [0.717, 1.165) is 25.4 Å². The molecule has 3 heteroatoms. The van der Waals surface area contributed by atoms with E-state index >= 15 is 0 Å². The second-order valence-corrected chi connectivity index (χ2v) is 3.96. The van der Waals surface area contributed by atoms with Gasteiger partial charge in [0.25, 0.3) is 0 Å². The number of rotatable bonds is 7. The second kappa shape index (κ2) is 16.0. The highest BCUT2D eigenvalue weighted by atomic mass is 16.5. The first-order valence-corrected chi connectivity index (χ1v) is 7.59. The molecule has 0 saturated carbocycles. The van der Waals surface area contributed by atoms with Crippen LogP contribution in [-0.4, -0.2) is 45.4 Å². The highest BCUT2D eigenvalue weighted by Crippen LogP contribution is 2.10. The summed E-state index contributed by atoms with van der Waals surface area (Å²) in [6.07, 6.45) is 0. The van der Waals surface area contributed by atoms with E-state index in [-0.39, 0.29) is 0 Å². The van der Waals surface area contributed by atoms with E-state index in [4.69, 9.17) is 9.47 Å². The Kier molecular flexibility index (Phi) is 17.0. The minimum Gasteiger partial charge on any atom is -0.492 e. The molecule has 0 N–H and O–H groups in total. The molecule has 1 rings (SSSR count). The van der Waals surface area contributed by atoms with Crippen molar-refractivity contribution in [1.29, 1.82) is 0 Å². The van der Waals surface area contributed by atoms with Crippen molar-refractivity contribution in [1.82, 2.24) is 4.90 Å². The molecule has 0 atom stereocenters. The quantitative estimate of drug-likeness (QED) is 0.755. The molecule has 0 saturated heterocycles. The first-order valence-electron chi connectivity index (χ1n) is 7.59. The number of likely N-dealkylation sites (N-methyl/N-ethyl adjacent to an activating group) is 1. The molecule has 0 amide bonds. The molecule has 0 heterocycles. The Morgan fingerprint density at radius 1 is 0.900 bits per heavy atom. The van der Waals surface area contributed by atoms with Crippen molar-refractivity contribution < 1.29 is 9.47 Å². The number of methoxy groups -OCH3 is 1. The Labute approximate surface area is 125 Å². The Morgan fingerprint density at radius 3 is 1.90 bits per heavy atom. The van der Waals surface area contributed by atoms with Gasteiger partial charge in [-0.3, -0.25) is 0 Å². The average Bonchev–Trinajstić information content (AvgIpc) is 2.51. The molecule has 0 aliphatic heterocycles. The fraction of sp³-hybridized carbons (Fsp3) is 0.647. The van der Waals surface area contributed by atoms with Crippen molar-refractivity contribution in [2.75, 3.05) is 40.5 Å². The topological polar surface area (TPSA) is 21.7 Å². The summed E-state index contributed by atoms with van der Waals surface area (Å²) in [6, 6.07) is 8.13. The Balaban J connectivity index is 0. The van der Waals surface area contributed by atoms with Crippen LogP contribution in [0.1, 0.15) is 33.3 Å². The van der Waals surface area contributed by atoms with E-state index in [9.17, 15) is 0 Å². The molecule has 0 spiro atoms. The molecule has 0 aliphatic rings. The summed E-state index contributed by atoms with van der Waals surface area (Å²) in [4.78, 5) is 2.19.